The van der Waals surface area contributed by atoms with Gasteiger partial charge in [-0.1, -0.05) is 194 Å². The zero-order valence-corrected chi connectivity index (χ0v) is 34.8. The third-order valence-corrected chi connectivity index (χ3v) is 14.4. The molecule has 1 spiro atoms. The number of anilines is 3. The van der Waals surface area contributed by atoms with E-state index in [9.17, 15) is 0 Å². The van der Waals surface area contributed by atoms with E-state index in [1.165, 1.54) is 92.4 Å². The molecule has 3 atom stereocenters. The molecule has 3 aliphatic rings. The maximum Gasteiger partial charge on any atom is 0.0462 e. The summed E-state index contributed by atoms with van der Waals surface area (Å²) in [5.41, 5.74) is 22.0. The normalized spacial score (nSPS) is 18.1. The molecule has 0 amide bonds. The van der Waals surface area contributed by atoms with Crippen molar-refractivity contribution in [1.29, 1.82) is 0 Å². The van der Waals surface area contributed by atoms with Gasteiger partial charge in [0.25, 0.3) is 0 Å². The minimum absolute atomic E-state index is 0.205. The smallest absolute Gasteiger partial charge is 0.0462 e. The van der Waals surface area contributed by atoms with E-state index in [1.807, 2.05) is 0 Å². The molecule has 9 aromatic rings. The summed E-state index contributed by atoms with van der Waals surface area (Å²) in [5, 5.41) is 0. The highest BCUT2D eigenvalue weighted by molar-refractivity contribution is 5.93. The minimum Gasteiger partial charge on any atom is -0.311 e. The van der Waals surface area contributed by atoms with Crippen LogP contribution in [0.3, 0.4) is 0 Å². The lowest BCUT2D eigenvalue weighted by atomic mass is 9.66. The molecule has 296 valence electrons. The lowest BCUT2D eigenvalue weighted by molar-refractivity contribution is 0.327. The van der Waals surface area contributed by atoms with E-state index in [1.54, 1.807) is 11.1 Å². The molecule has 0 aliphatic heterocycles. The molecule has 3 unspecified atom stereocenters. The van der Waals surface area contributed by atoms with Crippen molar-refractivity contribution < 1.29 is 0 Å². The Morgan fingerprint density at radius 1 is 0.323 bits per heavy atom. The Labute approximate surface area is 365 Å². The SMILES string of the molecule is c1ccc(-c2ccc(N(c3ccc(-c4ccccc4)cc3)c3ccc(-c4ccc(-c5ccc(-c6cccc7c6-c6ccccc6C76CC7CCC6C7)cc5)cc4)cc3)cc2)cc1. The third-order valence-electron chi connectivity index (χ3n) is 14.4. The molecular formula is C61H47N. The largest absolute Gasteiger partial charge is 0.311 e. The first-order chi connectivity index (χ1) is 30.7. The molecule has 12 rings (SSSR count). The molecule has 2 saturated carbocycles. The van der Waals surface area contributed by atoms with Crippen LogP contribution in [0.25, 0.3) is 66.8 Å². The van der Waals surface area contributed by atoms with Gasteiger partial charge < -0.3 is 4.90 Å². The summed E-state index contributed by atoms with van der Waals surface area (Å²) in [6.45, 7) is 0. The fourth-order valence-corrected chi connectivity index (χ4v) is 11.5. The zero-order chi connectivity index (χ0) is 41.0. The van der Waals surface area contributed by atoms with Gasteiger partial charge in [-0.3, -0.25) is 0 Å². The maximum absolute atomic E-state index is 2.45. The second kappa shape index (κ2) is 15.0. The van der Waals surface area contributed by atoms with Gasteiger partial charge in [0.15, 0.2) is 0 Å². The lowest BCUT2D eigenvalue weighted by Gasteiger charge is -2.36. The van der Waals surface area contributed by atoms with Crippen molar-refractivity contribution in [2.75, 3.05) is 4.90 Å². The predicted molar refractivity (Wildman–Crippen MR) is 260 cm³/mol. The molecule has 62 heavy (non-hydrogen) atoms. The van der Waals surface area contributed by atoms with Crippen LogP contribution in [0.15, 0.2) is 224 Å². The van der Waals surface area contributed by atoms with Crippen LogP contribution in [0, 0.1) is 11.8 Å². The van der Waals surface area contributed by atoms with Crippen LogP contribution in [0.2, 0.25) is 0 Å². The number of hydrogen-bond donors (Lipinski definition) is 0. The van der Waals surface area contributed by atoms with Gasteiger partial charge >= 0.3 is 0 Å². The molecule has 2 fully saturated rings. The monoisotopic (exact) mass is 793 g/mol. The Kier molecular flexibility index (Phi) is 8.89. The first-order valence-corrected chi connectivity index (χ1v) is 22.4. The summed E-state index contributed by atoms with van der Waals surface area (Å²) >= 11 is 0. The fourth-order valence-electron chi connectivity index (χ4n) is 11.5. The summed E-state index contributed by atoms with van der Waals surface area (Å²) in [5.74, 6) is 1.65. The van der Waals surface area contributed by atoms with Crippen LogP contribution in [-0.2, 0) is 5.41 Å². The van der Waals surface area contributed by atoms with Crippen LogP contribution in [0.5, 0.6) is 0 Å². The van der Waals surface area contributed by atoms with Gasteiger partial charge in [0.1, 0.15) is 0 Å². The standard InChI is InChI=1S/C61H47N/c1-3-10-43(11-4-1)48-27-34-53(35-28-48)62(54-36-29-49(30-37-54)44-12-5-2-6-13-44)55-38-31-50(32-39-55)46-21-19-45(20-22-46)47-23-25-51(26-24-47)56-15-9-17-59-60(56)57-14-7-8-16-58(57)61(59)41-42-18-33-52(61)40-42/h1-17,19-32,34-39,42,52H,18,33,40-41H2. The number of rotatable bonds is 8. The van der Waals surface area contributed by atoms with Gasteiger partial charge in [0.2, 0.25) is 0 Å². The van der Waals surface area contributed by atoms with Crippen molar-refractivity contribution in [3.63, 3.8) is 0 Å². The lowest BCUT2D eigenvalue weighted by Crippen LogP contribution is -2.31. The van der Waals surface area contributed by atoms with E-state index in [-0.39, 0.29) is 5.41 Å². The Bertz CT molecular complexity index is 2940. The molecular weight excluding hydrogens is 747 g/mol. The number of nitrogens with zero attached hydrogens (tertiary/aromatic N) is 1. The molecule has 3 aliphatic carbocycles. The molecule has 0 aromatic heterocycles. The highest BCUT2D eigenvalue weighted by atomic mass is 15.1. The first-order valence-electron chi connectivity index (χ1n) is 22.4. The Balaban J connectivity index is 0.814. The van der Waals surface area contributed by atoms with Crippen LogP contribution >= 0.6 is 0 Å². The number of hydrogen-bond acceptors (Lipinski definition) is 1. The Morgan fingerprint density at radius 2 is 0.710 bits per heavy atom. The highest BCUT2D eigenvalue weighted by Crippen LogP contribution is 2.66. The summed E-state index contributed by atoms with van der Waals surface area (Å²) < 4.78 is 0. The second-order valence-corrected chi connectivity index (χ2v) is 17.7. The van der Waals surface area contributed by atoms with Gasteiger partial charge in [-0.05, 0) is 145 Å². The number of benzene rings is 9. The van der Waals surface area contributed by atoms with Crippen molar-refractivity contribution in [2.24, 2.45) is 11.8 Å². The zero-order valence-electron chi connectivity index (χ0n) is 34.8. The van der Waals surface area contributed by atoms with E-state index in [0.29, 0.717) is 0 Å². The maximum atomic E-state index is 2.45. The van der Waals surface area contributed by atoms with Crippen molar-refractivity contribution in [1.82, 2.24) is 0 Å². The van der Waals surface area contributed by atoms with Crippen molar-refractivity contribution >= 4 is 17.1 Å². The van der Waals surface area contributed by atoms with Gasteiger partial charge in [0.05, 0.1) is 0 Å². The van der Waals surface area contributed by atoms with Gasteiger partial charge in [0, 0.05) is 22.5 Å². The molecule has 0 heterocycles. The minimum atomic E-state index is 0.205. The predicted octanol–water partition coefficient (Wildman–Crippen LogP) is 16.6. The van der Waals surface area contributed by atoms with E-state index >= 15 is 0 Å². The molecule has 1 nitrogen and oxygen atoms in total. The molecule has 0 N–H and O–H groups in total. The third kappa shape index (κ3) is 6.14. The average Bonchev–Trinajstić information content (AvgIpc) is 4.06. The summed E-state index contributed by atoms with van der Waals surface area (Å²) in [7, 11) is 0. The molecule has 0 saturated heterocycles. The molecule has 1 heteroatoms. The summed E-state index contributed by atoms with van der Waals surface area (Å²) in [6.07, 6.45) is 5.49. The van der Waals surface area contributed by atoms with Gasteiger partial charge in [-0.2, -0.15) is 0 Å². The van der Waals surface area contributed by atoms with Crippen LogP contribution in [0.4, 0.5) is 17.1 Å². The highest BCUT2D eigenvalue weighted by Gasteiger charge is 2.56. The van der Waals surface area contributed by atoms with Crippen LogP contribution in [0.1, 0.15) is 36.8 Å². The van der Waals surface area contributed by atoms with Crippen LogP contribution < -0.4 is 4.90 Å². The average molecular weight is 794 g/mol. The fraction of sp³-hybridized carbons (Fsp3) is 0.115. The molecule has 9 aromatic carbocycles. The second-order valence-electron chi connectivity index (χ2n) is 17.7. The van der Waals surface area contributed by atoms with E-state index in [4.69, 9.17) is 0 Å². The summed E-state index contributed by atoms with van der Waals surface area (Å²) in [4.78, 5) is 2.35. The Morgan fingerprint density at radius 3 is 1.16 bits per heavy atom. The van der Waals surface area contributed by atoms with Crippen molar-refractivity contribution in [2.45, 2.75) is 31.1 Å². The van der Waals surface area contributed by atoms with Gasteiger partial charge in [-0.15, -0.1) is 0 Å². The number of fused-ring (bicyclic) bond motifs is 8. The van der Waals surface area contributed by atoms with Crippen molar-refractivity contribution in [3.8, 4) is 66.8 Å². The topological polar surface area (TPSA) is 3.24 Å². The van der Waals surface area contributed by atoms with Gasteiger partial charge in [-0.25, -0.2) is 0 Å². The molecule has 2 bridgehead atoms. The first kappa shape index (κ1) is 36.6. The summed E-state index contributed by atoms with van der Waals surface area (Å²) in [6, 6.07) is 82.7. The van der Waals surface area contributed by atoms with E-state index in [2.05, 4.69) is 229 Å². The molecule has 0 radical (unpaired) electrons. The van der Waals surface area contributed by atoms with E-state index < -0.39 is 0 Å². The Hall–Kier alpha value is -7.22. The quantitative estimate of drug-likeness (QED) is 0.148. The van der Waals surface area contributed by atoms with E-state index in [0.717, 1.165) is 28.9 Å². The van der Waals surface area contributed by atoms with Crippen LogP contribution in [-0.4, -0.2) is 0 Å². The van der Waals surface area contributed by atoms with Crippen molar-refractivity contribution in [3.05, 3.63) is 236 Å².